The molecule has 0 saturated carbocycles. The number of carbonyl (C=O) groups is 1. The van der Waals surface area contributed by atoms with E-state index in [0.29, 0.717) is 11.5 Å². The lowest BCUT2D eigenvalue weighted by Crippen LogP contribution is -2.39. The number of nitrogens with one attached hydrogen (secondary N) is 1. The van der Waals surface area contributed by atoms with Gasteiger partial charge >= 0.3 is 0 Å². The van der Waals surface area contributed by atoms with Crippen molar-refractivity contribution < 1.29 is 9.72 Å². The van der Waals surface area contributed by atoms with Crippen LogP contribution in [0.15, 0.2) is 24.3 Å². The lowest BCUT2D eigenvalue weighted by molar-refractivity contribution is -0.384. The van der Waals surface area contributed by atoms with E-state index in [1.54, 1.807) is 6.07 Å². The summed E-state index contributed by atoms with van der Waals surface area (Å²) >= 11 is 2.21. The molecule has 1 unspecified atom stereocenters. The van der Waals surface area contributed by atoms with Gasteiger partial charge in [0.1, 0.15) is 0 Å². The Bertz CT molecular complexity index is 449. The van der Waals surface area contributed by atoms with Gasteiger partial charge in [0.05, 0.1) is 4.92 Å². The lowest BCUT2D eigenvalue weighted by Gasteiger charge is -2.19. The molecule has 0 aliphatic heterocycles. The molecule has 1 rings (SSSR count). The number of amides is 1. The number of hydrogen-bond donors (Lipinski definition) is 1. The molecular formula is C12H15IN2O3. The maximum atomic E-state index is 12.0. The predicted molar refractivity (Wildman–Crippen MR) is 78.1 cm³/mol. The number of alkyl halides is 1. The lowest BCUT2D eigenvalue weighted by atomic mass is 10.1. The molecule has 1 atom stereocenters. The van der Waals surface area contributed by atoms with E-state index in [-0.39, 0.29) is 17.6 Å². The average molecular weight is 362 g/mol. The van der Waals surface area contributed by atoms with E-state index >= 15 is 0 Å². The topological polar surface area (TPSA) is 72.2 Å². The zero-order valence-corrected chi connectivity index (χ0v) is 12.4. The molecule has 1 N–H and O–H groups in total. The highest BCUT2D eigenvalue weighted by Gasteiger charge is 2.17. The first kappa shape index (κ1) is 14.9. The zero-order valence-electron chi connectivity index (χ0n) is 10.2. The summed E-state index contributed by atoms with van der Waals surface area (Å²) in [5.41, 5.74) is 0.248. The second-order valence-electron chi connectivity index (χ2n) is 4.29. The summed E-state index contributed by atoms with van der Waals surface area (Å²) in [6.45, 7) is 4.05. The number of nitro groups is 1. The highest BCUT2D eigenvalue weighted by Crippen LogP contribution is 2.14. The van der Waals surface area contributed by atoms with E-state index < -0.39 is 4.92 Å². The van der Waals surface area contributed by atoms with Crippen molar-refractivity contribution in [3.63, 3.8) is 0 Å². The number of nitro benzene ring substituents is 1. The Morgan fingerprint density at radius 2 is 2.17 bits per heavy atom. The minimum atomic E-state index is -0.505. The Hall–Kier alpha value is -1.18. The van der Waals surface area contributed by atoms with Gasteiger partial charge in [-0.1, -0.05) is 42.5 Å². The third-order valence-electron chi connectivity index (χ3n) is 2.61. The molecule has 6 heteroatoms. The number of hydrogen-bond acceptors (Lipinski definition) is 3. The third-order valence-corrected chi connectivity index (χ3v) is 3.56. The van der Waals surface area contributed by atoms with Gasteiger partial charge < -0.3 is 5.32 Å². The van der Waals surface area contributed by atoms with E-state index in [4.69, 9.17) is 0 Å². The first-order chi connectivity index (χ1) is 8.45. The van der Waals surface area contributed by atoms with Crippen LogP contribution in [0, 0.1) is 16.0 Å². The average Bonchev–Trinajstić information content (AvgIpc) is 2.35. The first-order valence-corrected chi connectivity index (χ1v) is 7.09. The van der Waals surface area contributed by atoms with E-state index in [1.807, 2.05) is 13.8 Å². The number of carbonyl (C=O) groups excluding carboxylic acids is 1. The molecule has 98 valence electrons. The second-order valence-corrected chi connectivity index (χ2v) is 5.17. The van der Waals surface area contributed by atoms with Crippen LogP contribution in [0.5, 0.6) is 0 Å². The summed E-state index contributed by atoms with van der Waals surface area (Å²) < 4.78 is 0.802. The van der Waals surface area contributed by atoms with Gasteiger partial charge in [0.25, 0.3) is 11.6 Å². The molecular weight excluding hydrogens is 347 g/mol. The fraction of sp³-hybridized carbons (Fsp3) is 0.417. The minimum Gasteiger partial charge on any atom is -0.348 e. The number of halogens is 1. The van der Waals surface area contributed by atoms with Crippen molar-refractivity contribution in [2.45, 2.75) is 19.9 Å². The van der Waals surface area contributed by atoms with Crippen LogP contribution in [-0.4, -0.2) is 21.3 Å². The molecule has 0 radical (unpaired) electrons. The molecule has 1 aromatic carbocycles. The van der Waals surface area contributed by atoms with Gasteiger partial charge in [-0.05, 0) is 12.0 Å². The summed E-state index contributed by atoms with van der Waals surface area (Å²) in [5, 5.41) is 13.5. The van der Waals surface area contributed by atoms with Gasteiger partial charge in [0, 0.05) is 28.2 Å². The quantitative estimate of drug-likeness (QED) is 0.379. The van der Waals surface area contributed by atoms with Crippen molar-refractivity contribution in [2.24, 2.45) is 5.92 Å². The smallest absolute Gasteiger partial charge is 0.270 e. The summed E-state index contributed by atoms with van der Waals surface area (Å²) in [6, 6.07) is 5.82. The number of rotatable bonds is 5. The van der Waals surface area contributed by atoms with Crippen LogP contribution >= 0.6 is 22.6 Å². The molecule has 1 aromatic rings. The monoisotopic (exact) mass is 362 g/mol. The van der Waals surface area contributed by atoms with E-state index in [9.17, 15) is 14.9 Å². The molecule has 0 bridgehead atoms. The molecule has 1 amide bonds. The molecule has 0 aliphatic carbocycles. The van der Waals surface area contributed by atoms with Gasteiger partial charge in [-0.25, -0.2) is 0 Å². The van der Waals surface area contributed by atoms with Crippen molar-refractivity contribution in [1.82, 2.24) is 5.32 Å². The number of non-ortho nitro benzene ring substituents is 1. The van der Waals surface area contributed by atoms with Crippen molar-refractivity contribution in [1.29, 1.82) is 0 Å². The summed E-state index contributed by atoms with van der Waals surface area (Å²) in [4.78, 5) is 22.1. The van der Waals surface area contributed by atoms with Crippen molar-refractivity contribution >= 4 is 34.2 Å². The van der Waals surface area contributed by atoms with Crippen LogP contribution in [0.1, 0.15) is 24.2 Å². The van der Waals surface area contributed by atoms with Crippen LogP contribution in [0.25, 0.3) is 0 Å². The fourth-order valence-corrected chi connectivity index (χ4v) is 2.63. The summed E-state index contributed by atoms with van der Waals surface area (Å²) in [6.07, 6.45) is 0. The van der Waals surface area contributed by atoms with Crippen molar-refractivity contribution in [2.75, 3.05) is 4.43 Å². The highest BCUT2D eigenvalue weighted by molar-refractivity contribution is 14.1. The zero-order chi connectivity index (χ0) is 13.7. The van der Waals surface area contributed by atoms with Crippen molar-refractivity contribution in [3.05, 3.63) is 39.9 Å². The Morgan fingerprint density at radius 3 is 2.67 bits per heavy atom. The molecule has 0 saturated heterocycles. The van der Waals surface area contributed by atoms with Gasteiger partial charge in [-0.15, -0.1) is 0 Å². The fourth-order valence-electron chi connectivity index (χ4n) is 1.40. The van der Waals surface area contributed by atoms with Gasteiger partial charge in [-0.3, -0.25) is 14.9 Å². The van der Waals surface area contributed by atoms with E-state index in [2.05, 4.69) is 27.9 Å². The van der Waals surface area contributed by atoms with Crippen LogP contribution in [0.3, 0.4) is 0 Å². The van der Waals surface area contributed by atoms with Crippen LogP contribution < -0.4 is 5.32 Å². The SMILES string of the molecule is CC(C)C(CI)NC(=O)c1cccc([N+](=O)[O-])c1. The van der Waals surface area contributed by atoms with E-state index in [1.165, 1.54) is 18.2 Å². The Morgan fingerprint density at radius 1 is 1.50 bits per heavy atom. The normalized spacial score (nSPS) is 12.2. The van der Waals surface area contributed by atoms with Gasteiger partial charge in [-0.2, -0.15) is 0 Å². The molecule has 0 aromatic heterocycles. The number of nitrogens with zero attached hydrogens (tertiary/aromatic N) is 1. The molecule has 0 spiro atoms. The summed E-state index contributed by atoms with van der Waals surface area (Å²) in [7, 11) is 0. The maximum Gasteiger partial charge on any atom is 0.270 e. The minimum absolute atomic E-state index is 0.0670. The van der Waals surface area contributed by atoms with Crippen molar-refractivity contribution in [3.8, 4) is 0 Å². The Kier molecular flexibility index (Phi) is 5.52. The van der Waals surface area contributed by atoms with Gasteiger partial charge in [0.2, 0.25) is 0 Å². The summed E-state index contributed by atoms with van der Waals surface area (Å²) in [5.74, 6) is 0.0543. The Labute approximate surface area is 119 Å². The Balaban J connectivity index is 2.84. The molecule has 5 nitrogen and oxygen atoms in total. The maximum absolute atomic E-state index is 12.0. The second kappa shape index (κ2) is 6.67. The first-order valence-electron chi connectivity index (χ1n) is 5.57. The van der Waals surface area contributed by atoms with E-state index in [0.717, 1.165) is 4.43 Å². The molecule has 0 aliphatic rings. The molecule has 0 heterocycles. The van der Waals surface area contributed by atoms with Crippen LogP contribution in [-0.2, 0) is 0 Å². The highest BCUT2D eigenvalue weighted by atomic mass is 127. The van der Waals surface area contributed by atoms with Crippen LogP contribution in [0.2, 0.25) is 0 Å². The third kappa shape index (κ3) is 3.94. The van der Waals surface area contributed by atoms with Gasteiger partial charge in [0.15, 0.2) is 0 Å². The van der Waals surface area contributed by atoms with Crippen LogP contribution in [0.4, 0.5) is 5.69 Å². The predicted octanol–water partition coefficient (Wildman–Crippen LogP) is 2.78. The largest absolute Gasteiger partial charge is 0.348 e. The number of benzene rings is 1. The standard InChI is InChI=1S/C12H15IN2O3/c1-8(2)11(7-13)14-12(16)9-4-3-5-10(6-9)15(17)18/h3-6,8,11H,7H2,1-2H3,(H,14,16). The molecule has 18 heavy (non-hydrogen) atoms. The molecule has 0 fully saturated rings.